The number of carbonyl (C=O) groups is 1. The molecule has 1 amide bonds. The summed E-state index contributed by atoms with van der Waals surface area (Å²) in [5.41, 5.74) is 8.33. The van der Waals surface area contributed by atoms with E-state index in [-0.39, 0.29) is 5.91 Å². The van der Waals surface area contributed by atoms with E-state index in [1.165, 1.54) is 11.1 Å². The zero-order valence-corrected chi connectivity index (χ0v) is 20.7. The van der Waals surface area contributed by atoms with Gasteiger partial charge in [0.2, 0.25) is 0 Å². The Morgan fingerprint density at radius 3 is 2.51 bits per heavy atom. The van der Waals surface area contributed by atoms with Crippen molar-refractivity contribution in [2.75, 3.05) is 5.32 Å². The van der Waals surface area contributed by atoms with Gasteiger partial charge in [-0.2, -0.15) is 10.2 Å². The van der Waals surface area contributed by atoms with E-state index in [2.05, 4.69) is 39.6 Å². The van der Waals surface area contributed by atoms with Crippen LogP contribution >= 0.6 is 0 Å². The number of anilines is 1. The number of carbonyl (C=O) groups excluding carboxylic acids is 1. The minimum atomic E-state index is -0.270. The maximum atomic E-state index is 13.6. The molecular weight excluding hydrogens is 442 g/mol. The van der Waals surface area contributed by atoms with Gasteiger partial charge >= 0.3 is 0 Å². The van der Waals surface area contributed by atoms with Crippen LogP contribution < -0.4 is 5.32 Å². The molecule has 35 heavy (non-hydrogen) atoms. The number of fused-ring (bicyclic) bond motifs is 1. The largest absolute Gasteiger partial charge is 0.335 e. The van der Waals surface area contributed by atoms with E-state index >= 15 is 0 Å². The molecule has 0 radical (unpaired) electrons. The molecule has 5 rings (SSSR count). The van der Waals surface area contributed by atoms with Crippen LogP contribution in [0.1, 0.15) is 44.3 Å². The van der Waals surface area contributed by atoms with Crippen molar-refractivity contribution < 1.29 is 9.32 Å². The smallest absolute Gasteiger partial charge is 0.259 e. The number of hydrogen-bond acceptors (Lipinski definition) is 6. The third-order valence-electron chi connectivity index (χ3n) is 6.35. The van der Waals surface area contributed by atoms with Crippen LogP contribution in [0.3, 0.4) is 0 Å². The van der Waals surface area contributed by atoms with Gasteiger partial charge in [0.1, 0.15) is 0 Å². The molecule has 0 aliphatic carbocycles. The lowest BCUT2D eigenvalue weighted by atomic mass is 10.1. The summed E-state index contributed by atoms with van der Waals surface area (Å²) in [5, 5.41) is 16.8. The summed E-state index contributed by atoms with van der Waals surface area (Å²) >= 11 is 0. The van der Waals surface area contributed by atoms with Gasteiger partial charge in [0.25, 0.3) is 11.6 Å². The lowest BCUT2D eigenvalue weighted by molar-refractivity contribution is 0.102. The second-order valence-corrected chi connectivity index (χ2v) is 8.89. The molecule has 178 valence electrons. The molecule has 0 aliphatic heterocycles. The minimum Gasteiger partial charge on any atom is -0.335 e. The van der Waals surface area contributed by atoms with E-state index in [9.17, 15) is 4.79 Å². The number of amides is 1. The molecule has 0 unspecified atom stereocenters. The van der Waals surface area contributed by atoms with E-state index in [1.807, 2.05) is 50.8 Å². The number of rotatable bonds is 5. The fraction of sp³-hybridized carbons (Fsp3) is 0.269. The van der Waals surface area contributed by atoms with Crippen LogP contribution in [0.15, 0.2) is 41.1 Å². The van der Waals surface area contributed by atoms with Gasteiger partial charge in [-0.25, -0.2) is 4.98 Å². The van der Waals surface area contributed by atoms with E-state index < -0.39 is 0 Å². The third-order valence-corrected chi connectivity index (χ3v) is 6.35. The van der Waals surface area contributed by atoms with Crippen LogP contribution in [0.25, 0.3) is 22.4 Å². The summed E-state index contributed by atoms with van der Waals surface area (Å²) in [6.07, 6.45) is 1.87. The molecule has 0 aliphatic rings. The van der Waals surface area contributed by atoms with Gasteiger partial charge in [-0.15, -0.1) is 0 Å². The van der Waals surface area contributed by atoms with Gasteiger partial charge in [-0.05, 0) is 51.8 Å². The quantitative estimate of drug-likeness (QED) is 0.401. The lowest BCUT2D eigenvalue weighted by Gasteiger charge is -2.10. The zero-order chi connectivity index (χ0) is 24.9. The second-order valence-electron chi connectivity index (χ2n) is 8.89. The number of nitrogens with zero attached hydrogens (tertiary/aromatic N) is 6. The van der Waals surface area contributed by atoms with Crippen molar-refractivity contribution in [2.24, 2.45) is 7.05 Å². The van der Waals surface area contributed by atoms with Crippen LogP contribution in [0, 0.1) is 34.6 Å². The summed E-state index contributed by atoms with van der Waals surface area (Å²) in [7, 11) is 1.85. The molecule has 1 aromatic carbocycles. The fourth-order valence-electron chi connectivity index (χ4n) is 4.42. The molecule has 0 saturated carbocycles. The van der Waals surface area contributed by atoms with Crippen molar-refractivity contribution in [2.45, 2.75) is 41.2 Å². The lowest BCUT2D eigenvalue weighted by Crippen LogP contribution is -2.14. The van der Waals surface area contributed by atoms with E-state index in [1.54, 1.807) is 17.7 Å². The molecule has 0 spiro atoms. The maximum Gasteiger partial charge on any atom is 0.259 e. The first-order valence-electron chi connectivity index (χ1n) is 11.4. The van der Waals surface area contributed by atoms with E-state index in [0.29, 0.717) is 40.3 Å². The second kappa shape index (κ2) is 8.50. The Bertz CT molecular complexity index is 1590. The molecule has 4 heterocycles. The molecule has 9 heteroatoms. The first-order valence-corrected chi connectivity index (χ1v) is 11.4. The topological polar surface area (TPSA) is 104 Å². The molecular formula is C26H27N7O2. The SMILES string of the molecule is Cc1ccccc1Cn1nc(C)c(NC(=O)c2cc(-c3cn(C)nc3C)nc3onc(C)c23)c1C. The van der Waals surface area contributed by atoms with Crippen molar-refractivity contribution in [3.05, 3.63) is 76.0 Å². The predicted molar refractivity (Wildman–Crippen MR) is 133 cm³/mol. The molecule has 4 aromatic heterocycles. The zero-order valence-electron chi connectivity index (χ0n) is 20.7. The third kappa shape index (κ3) is 3.99. The highest BCUT2D eigenvalue weighted by molar-refractivity contribution is 6.13. The minimum absolute atomic E-state index is 0.270. The Hall–Kier alpha value is -4.27. The average Bonchev–Trinajstić information content (AvgIpc) is 3.45. The molecule has 9 nitrogen and oxygen atoms in total. The highest BCUT2D eigenvalue weighted by atomic mass is 16.5. The Kier molecular flexibility index (Phi) is 5.47. The van der Waals surface area contributed by atoms with Gasteiger partial charge < -0.3 is 9.84 Å². The molecule has 0 saturated heterocycles. The van der Waals surface area contributed by atoms with Gasteiger partial charge in [0.15, 0.2) is 0 Å². The Morgan fingerprint density at radius 2 is 1.80 bits per heavy atom. The standard InChI is InChI=1S/C26H27N7O2/c1-14-9-7-8-10-19(14)12-33-18(5)24(17(4)30-33)28-25(34)20-11-22(21-13-32(6)29-15(21)2)27-26-23(20)16(3)31-35-26/h7-11,13H,12H2,1-6H3,(H,28,34). The monoisotopic (exact) mass is 469 g/mol. The molecule has 0 bridgehead atoms. The highest BCUT2D eigenvalue weighted by Crippen LogP contribution is 2.30. The van der Waals surface area contributed by atoms with Gasteiger partial charge in [0, 0.05) is 18.8 Å². The van der Waals surface area contributed by atoms with Crippen LogP contribution in [0.5, 0.6) is 0 Å². The van der Waals surface area contributed by atoms with Crippen molar-refractivity contribution >= 4 is 22.7 Å². The van der Waals surface area contributed by atoms with E-state index in [4.69, 9.17) is 9.62 Å². The van der Waals surface area contributed by atoms with Crippen molar-refractivity contribution in [1.29, 1.82) is 0 Å². The number of aryl methyl sites for hydroxylation is 5. The number of pyridine rings is 1. The summed E-state index contributed by atoms with van der Waals surface area (Å²) in [6, 6.07) is 9.99. The number of benzene rings is 1. The van der Waals surface area contributed by atoms with Crippen molar-refractivity contribution in [1.82, 2.24) is 29.7 Å². The van der Waals surface area contributed by atoms with Crippen LogP contribution in [-0.4, -0.2) is 35.6 Å². The Morgan fingerprint density at radius 1 is 1.03 bits per heavy atom. The average molecular weight is 470 g/mol. The van der Waals surface area contributed by atoms with Crippen LogP contribution in [-0.2, 0) is 13.6 Å². The van der Waals surface area contributed by atoms with E-state index in [0.717, 1.165) is 22.6 Å². The normalized spacial score (nSPS) is 11.4. The summed E-state index contributed by atoms with van der Waals surface area (Å²) in [6.45, 7) is 10.3. The summed E-state index contributed by atoms with van der Waals surface area (Å²) in [5.74, 6) is -0.270. The molecule has 1 N–H and O–H groups in total. The first-order chi connectivity index (χ1) is 16.7. The molecule has 0 atom stereocenters. The van der Waals surface area contributed by atoms with Crippen LogP contribution in [0.2, 0.25) is 0 Å². The van der Waals surface area contributed by atoms with Gasteiger partial charge in [-0.1, -0.05) is 29.4 Å². The Balaban J connectivity index is 1.53. The first kappa shape index (κ1) is 22.5. The number of nitrogens with one attached hydrogen (secondary N) is 1. The maximum absolute atomic E-state index is 13.6. The number of hydrogen-bond donors (Lipinski definition) is 1. The van der Waals surface area contributed by atoms with Crippen LogP contribution in [0.4, 0.5) is 5.69 Å². The van der Waals surface area contributed by atoms with Gasteiger partial charge in [-0.3, -0.25) is 14.2 Å². The molecule has 5 aromatic rings. The predicted octanol–water partition coefficient (Wildman–Crippen LogP) is 4.66. The van der Waals surface area contributed by atoms with Crippen molar-refractivity contribution in [3.63, 3.8) is 0 Å². The fourth-order valence-corrected chi connectivity index (χ4v) is 4.42. The number of aromatic nitrogens is 6. The summed E-state index contributed by atoms with van der Waals surface area (Å²) < 4.78 is 9.08. The highest BCUT2D eigenvalue weighted by Gasteiger charge is 2.23. The summed E-state index contributed by atoms with van der Waals surface area (Å²) in [4.78, 5) is 18.2. The molecule has 0 fully saturated rings. The van der Waals surface area contributed by atoms with Gasteiger partial charge in [0.05, 0.1) is 51.7 Å². The Labute approximate surface area is 202 Å². The van der Waals surface area contributed by atoms with Crippen molar-refractivity contribution in [3.8, 4) is 11.3 Å².